The summed E-state index contributed by atoms with van der Waals surface area (Å²) in [7, 11) is 0. The number of carbonyl (C=O) groups excluding carboxylic acids is 1. The molecule has 2 heterocycles. The third kappa shape index (κ3) is 4.70. The van der Waals surface area contributed by atoms with Crippen LogP contribution in [-0.2, 0) is 6.42 Å². The first-order valence-corrected chi connectivity index (χ1v) is 9.27. The molecule has 2 aliphatic rings. The second-order valence-electron chi connectivity index (χ2n) is 6.83. The summed E-state index contributed by atoms with van der Waals surface area (Å²) >= 11 is 6.23. The largest absolute Gasteiger partial charge is 0.486 e. The molecule has 25 heavy (non-hydrogen) atoms. The van der Waals surface area contributed by atoms with E-state index in [-0.39, 0.29) is 12.1 Å². The van der Waals surface area contributed by atoms with Crippen molar-refractivity contribution in [3.63, 3.8) is 0 Å². The van der Waals surface area contributed by atoms with Crippen LogP contribution in [0.1, 0.15) is 25.8 Å². The van der Waals surface area contributed by atoms with Gasteiger partial charge in [0.25, 0.3) is 0 Å². The third-order valence-electron chi connectivity index (χ3n) is 4.64. The summed E-state index contributed by atoms with van der Waals surface area (Å²) in [6.45, 7) is 7.91. The van der Waals surface area contributed by atoms with Crippen molar-refractivity contribution in [2.45, 2.75) is 38.8 Å². The number of benzene rings is 1. The van der Waals surface area contributed by atoms with Crippen molar-refractivity contribution in [1.29, 1.82) is 0 Å². The molecule has 1 aromatic rings. The van der Waals surface area contributed by atoms with Crippen LogP contribution in [0, 0.1) is 0 Å². The van der Waals surface area contributed by atoms with Crippen LogP contribution in [0.15, 0.2) is 12.1 Å². The van der Waals surface area contributed by atoms with Gasteiger partial charge in [-0.15, -0.1) is 0 Å². The number of fused-ring (bicyclic) bond motifs is 1. The van der Waals surface area contributed by atoms with Gasteiger partial charge >= 0.3 is 6.03 Å². The van der Waals surface area contributed by atoms with Gasteiger partial charge in [-0.3, -0.25) is 4.90 Å². The molecule has 0 spiro atoms. The molecule has 1 fully saturated rings. The van der Waals surface area contributed by atoms with E-state index in [9.17, 15) is 4.79 Å². The van der Waals surface area contributed by atoms with E-state index in [1.54, 1.807) is 0 Å². The number of rotatable bonds is 5. The van der Waals surface area contributed by atoms with Gasteiger partial charge in [0.1, 0.15) is 13.2 Å². The number of likely N-dealkylation sites (tertiary alicyclic amines) is 1. The minimum atomic E-state index is -0.112. The third-order valence-corrected chi connectivity index (χ3v) is 4.92. The Balaban J connectivity index is 1.44. The van der Waals surface area contributed by atoms with Gasteiger partial charge in [0.15, 0.2) is 11.5 Å². The molecule has 6 nitrogen and oxygen atoms in total. The zero-order valence-corrected chi connectivity index (χ0v) is 15.6. The normalized spacial score (nSPS) is 19.9. The monoisotopic (exact) mass is 367 g/mol. The maximum absolute atomic E-state index is 12.1. The number of nitrogens with one attached hydrogen (secondary N) is 2. The number of nitrogens with zero attached hydrogens (tertiary/aromatic N) is 1. The molecule has 7 heteroatoms. The summed E-state index contributed by atoms with van der Waals surface area (Å²) in [6, 6.07) is 4.43. The highest BCUT2D eigenvalue weighted by Crippen LogP contribution is 2.38. The van der Waals surface area contributed by atoms with Gasteiger partial charge in [0, 0.05) is 31.7 Å². The van der Waals surface area contributed by atoms with Gasteiger partial charge in [0.2, 0.25) is 0 Å². The van der Waals surface area contributed by atoms with Crippen LogP contribution in [0.25, 0.3) is 0 Å². The molecular weight excluding hydrogens is 342 g/mol. The number of hydrogen-bond acceptors (Lipinski definition) is 4. The fourth-order valence-corrected chi connectivity index (χ4v) is 3.53. The summed E-state index contributed by atoms with van der Waals surface area (Å²) in [5.41, 5.74) is 1.02. The maximum atomic E-state index is 12.1. The molecule has 0 aromatic heterocycles. The molecule has 1 atom stereocenters. The van der Waals surface area contributed by atoms with E-state index in [0.29, 0.717) is 48.7 Å². The number of ether oxygens (including phenoxy) is 2. The fourth-order valence-electron chi connectivity index (χ4n) is 3.24. The van der Waals surface area contributed by atoms with Crippen molar-refractivity contribution in [3.8, 4) is 11.5 Å². The number of urea groups is 1. The maximum Gasteiger partial charge on any atom is 0.315 e. The first kappa shape index (κ1) is 18.1. The van der Waals surface area contributed by atoms with E-state index in [0.717, 1.165) is 25.1 Å². The van der Waals surface area contributed by atoms with Gasteiger partial charge < -0.3 is 20.1 Å². The molecule has 0 bridgehead atoms. The first-order chi connectivity index (χ1) is 12.0. The van der Waals surface area contributed by atoms with Crippen LogP contribution in [0.4, 0.5) is 4.79 Å². The number of halogens is 1. The number of amides is 2. The summed E-state index contributed by atoms with van der Waals surface area (Å²) in [4.78, 5) is 14.4. The van der Waals surface area contributed by atoms with Crippen molar-refractivity contribution in [2.75, 3.05) is 32.8 Å². The Bertz CT molecular complexity index is 624. The van der Waals surface area contributed by atoms with E-state index >= 15 is 0 Å². The zero-order valence-electron chi connectivity index (χ0n) is 14.8. The minimum absolute atomic E-state index is 0.112. The Morgan fingerprint density at radius 1 is 1.36 bits per heavy atom. The standard InChI is InChI=1S/C18H26ClN3O3/c1-12(2)22-6-4-14(11-22)21-18(23)20-5-3-13-9-15(19)17-16(10-13)24-7-8-25-17/h9-10,12,14H,3-8,11H2,1-2H3,(H2,20,21,23). The van der Waals surface area contributed by atoms with Gasteiger partial charge in [-0.25, -0.2) is 4.79 Å². The van der Waals surface area contributed by atoms with E-state index < -0.39 is 0 Å². The van der Waals surface area contributed by atoms with E-state index in [2.05, 4.69) is 29.4 Å². The molecule has 2 aliphatic heterocycles. The van der Waals surface area contributed by atoms with Crippen LogP contribution in [0.3, 0.4) is 0 Å². The lowest BCUT2D eigenvalue weighted by molar-refractivity contribution is 0.171. The van der Waals surface area contributed by atoms with Crippen LogP contribution >= 0.6 is 11.6 Å². The molecule has 1 saturated heterocycles. The molecular formula is C18H26ClN3O3. The summed E-state index contributed by atoms with van der Waals surface area (Å²) < 4.78 is 11.1. The van der Waals surface area contributed by atoms with E-state index in [1.807, 2.05) is 12.1 Å². The number of carbonyl (C=O) groups is 1. The summed E-state index contributed by atoms with van der Waals surface area (Å²) in [6.07, 6.45) is 1.69. The predicted octanol–water partition coefficient (Wildman–Crippen LogP) is 2.44. The first-order valence-electron chi connectivity index (χ1n) is 8.89. The van der Waals surface area contributed by atoms with E-state index in [1.165, 1.54) is 0 Å². The predicted molar refractivity (Wildman–Crippen MR) is 97.8 cm³/mol. The van der Waals surface area contributed by atoms with Crippen molar-refractivity contribution >= 4 is 17.6 Å². The van der Waals surface area contributed by atoms with Crippen molar-refractivity contribution in [1.82, 2.24) is 15.5 Å². The summed E-state index contributed by atoms with van der Waals surface area (Å²) in [5, 5.41) is 6.52. The molecule has 0 saturated carbocycles. The fraction of sp³-hybridized carbons (Fsp3) is 0.611. The Labute approximate surface area is 153 Å². The lowest BCUT2D eigenvalue weighted by Gasteiger charge is -2.21. The average Bonchev–Trinajstić information content (AvgIpc) is 3.03. The highest BCUT2D eigenvalue weighted by Gasteiger charge is 2.25. The van der Waals surface area contributed by atoms with Crippen molar-refractivity contribution in [3.05, 3.63) is 22.7 Å². The van der Waals surface area contributed by atoms with Crippen molar-refractivity contribution < 1.29 is 14.3 Å². The molecule has 0 aliphatic carbocycles. The Hall–Kier alpha value is -1.66. The minimum Gasteiger partial charge on any atom is -0.486 e. The Kier molecular flexibility index (Phi) is 5.91. The Morgan fingerprint density at radius 2 is 2.16 bits per heavy atom. The smallest absolute Gasteiger partial charge is 0.315 e. The van der Waals surface area contributed by atoms with Crippen LogP contribution < -0.4 is 20.1 Å². The van der Waals surface area contributed by atoms with Crippen LogP contribution in [0.2, 0.25) is 5.02 Å². The molecule has 138 valence electrons. The zero-order chi connectivity index (χ0) is 17.8. The summed E-state index contributed by atoms with van der Waals surface area (Å²) in [5.74, 6) is 1.29. The highest BCUT2D eigenvalue weighted by molar-refractivity contribution is 6.32. The lowest BCUT2D eigenvalue weighted by Crippen LogP contribution is -2.44. The second kappa shape index (κ2) is 8.15. The van der Waals surface area contributed by atoms with E-state index in [4.69, 9.17) is 21.1 Å². The lowest BCUT2D eigenvalue weighted by atomic mass is 10.1. The van der Waals surface area contributed by atoms with Gasteiger partial charge in [-0.2, -0.15) is 0 Å². The molecule has 2 N–H and O–H groups in total. The van der Waals surface area contributed by atoms with Gasteiger partial charge in [0.05, 0.1) is 5.02 Å². The molecule has 3 rings (SSSR count). The van der Waals surface area contributed by atoms with Crippen LogP contribution in [0.5, 0.6) is 11.5 Å². The quantitative estimate of drug-likeness (QED) is 0.839. The molecule has 0 radical (unpaired) electrons. The topological polar surface area (TPSA) is 62.8 Å². The van der Waals surface area contributed by atoms with Gasteiger partial charge in [-0.1, -0.05) is 11.6 Å². The van der Waals surface area contributed by atoms with Gasteiger partial charge in [-0.05, 0) is 44.4 Å². The highest BCUT2D eigenvalue weighted by atomic mass is 35.5. The second-order valence-corrected chi connectivity index (χ2v) is 7.23. The molecule has 2 amide bonds. The van der Waals surface area contributed by atoms with Crippen molar-refractivity contribution in [2.24, 2.45) is 0 Å². The molecule has 1 unspecified atom stereocenters. The molecule has 1 aromatic carbocycles. The van der Waals surface area contributed by atoms with Crippen LogP contribution in [-0.4, -0.2) is 55.9 Å². The number of hydrogen-bond donors (Lipinski definition) is 2. The average molecular weight is 368 g/mol. The SMILES string of the molecule is CC(C)N1CCC(NC(=O)NCCc2cc(Cl)c3c(c2)OCCO3)C1. The Morgan fingerprint density at radius 3 is 2.92 bits per heavy atom.